The van der Waals surface area contributed by atoms with Crippen molar-refractivity contribution in [1.29, 1.82) is 0 Å². The van der Waals surface area contributed by atoms with Gasteiger partial charge >= 0.3 is 0 Å². The number of nitrogens with zero attached hydrogens (tertiary/aromatic N) is 2. The van der Waals surface area contributed by atoms with Gasteiger partial charge in [0.1, 0.15) is 5.03 Å². The lowest BCUT2D eigenvalue weighted by atomic mass is 10.2. The molecule has 0 saturated carbocycles. The molecule has 7 nitrogen and oxygen atoms in total. The molecule has 0 unspecified atom stereocenters. The summed E-state index contributed by atoms with van der Waals surface area (Å²) in [4.78, 5) is 12.2. The van der Waals surface area contributed by atoms with E-state index in [-0.39, 0.29) is 11.2 Å². The third kappa shape index (κ3) is 3.51. The van der Waals surface area contributed by atoms with E-state index >= 15 is 0 Å². The molecule has 0 radical (unpaired) electrons. The zero-order valence-corrected chi connectivity index (χ0v) is 12.9. The van der Waals surface area contributed by atoms with Crippen molar-refractivity contribution in [3.05, 3.63) is 24.4 Å². The number of rotatable bonds is 4. The van der Waals surface area contributed by atoms with Gasteiger partial charge in [0.25, 0.3) is 0 Å². The standard InChI is InChI=1S/C14H16N4O3S/c1-9(22-13-8-15-18-17-13)14(19)16-10-3-4-11-12(7-10)21-6-2-5-20-11/h3-4,7-9H,2,5-6H2,1H3,(H,16,19)(H,15,17,18)/t9-/m0/s1. The summed E-state index contributed by atoms with van der Waals surface area (Å²) < 4.78 is 11.2. The molecule has 0 bridgehead atoms. The largest absolute Gasteiger partial charge is 0.490 e. The minimum Gasteiger partial charge on any atom is -0.490 e. The average molecular weight is 320 g/mol. The topological polar surface area (TPSA) is 89.1 Å². The van der Waals surface area contributed by atoms with Gasteiger partial charge in [-0.05, 0) is 19.1 Å². The summed E-state index contributed by atoms with van der Waals surface area (Å²) in [5.74, 6) is 1.26. The number of fused-ring (bicyclic) bond motifs is 1. The maximum atomic E-state index is 12.2. The minimum absolute atomic E-state index is 0.109. The second-order valence-corrected chi connectivity index (χ2v) is 6.13. The summed E-state index contributed by atoms with van der Waals surface area (Å²) in [6.07, 6.45) is 2.43. The zero-order chi connectivity index (χ0) is 15.4. The molecule has 1 aliphatic heterocycles. The Balaban J connectivity index is 1.64. The van der Waals surface area contributed by atoms with Crippen molar-refractivity contribution in [3.8, 4) is 11.5 Å². The highest BCUT2D eigenvalue weighted by molar-refractivity contribution is 8.00. The van der Waals surface area contributed by atoms with Gasteiger partial charge in [0.2, 0.25) is 5.91 Å². The molecule has 0 spiro atoms. The van der Waals surface area contributed by atoms with Crippen molar-refractivity contribution < 1.29 is 14.3 Å². The van der Waals surface area contributed by atoms with Crippen LogP contribution in [-0.4, -0.2) is 39.8 Å². The van der Waals surface area contributed by atoms with E-state index in [0.717, 1.165) is 6.42 Å². The SMILES string of the molecule is C[C@H](Sc1cn[nH]n1)C(=O)Nc1ccc2c(c1)OCCCO2. The zero-order valence-electron chi connectivity index (χ0n) is 12.0. The van der Waals surface area contributed by atoms with Crippen molar-refractivity contribution in [2.45, 2.75) is 23.6 Å². The number of aromatic nitrogens is 3. The van der Waals surface area contributed by atoms with Crippen molar-refractivity contribution in [1.82, 2.24) is 15.4 Å². The van der Waals surface area contributed by atoms with Gasteiger partial charge in [-0.25, -0.2) is 0 Å². The number of benzene rings is 1. The average Bonchev–Trinajstić information content (AvgIpc) is 2.90. The summed E-state index contributed by atoms with van der Waals surface area (Å²) in [7, 11) is 0. The third-order valence-electron chi connectivity index (χ3n) is 3.07. The Labute approximate surface area is 131 Å². The molecular formula is C14H16N4O3S. The van der Waals surface area contributed by atoms with Crippen molar-refractivity contribution in [2.24, 2.45) is 0 Å². The number of nitrogens with one attached hydrogen (secondary N) is 2. The number of aromatic amines is 1. The molecule has 2 aromatic rings. The fourth-order valence-electron chi connectivity index (χ4n) is 1.97. The Kier molecular flexibility index (Phi) is 4.47. The van der Waals surface area contributed by atoms with Crippen LogP contribution in [0.4, 0.5) is 5.69 Å². The molecule has 116 valence electrons. The van der Waals surface area contributed by atoms with E-state index in [0.29, 0.717) is 35.4 Å². The van der Waals surface area contributed by atoms with E-state index in [2.05, 4.69) is 20.7 Å². The molecule has 8 heteroatoms. The van der Waals surface area contributed by atoms with E-state index in [1.54, 1.807) is 18.3 Å². The van der Waals surface area contributed by atoms with E-state index < -0.39 is 0 Å². The quantitative estimate of drug-likeness (QED) is 0.839. The van der Waals surface area contributed by atoms with E-state index in [4.69, 9.17) is 9.47 Å². The lowest BCUT2D eigenvalue weighted by Gasteiger charge is -2.13. The fraction of sp³-hybridized carbons (Fsp3) is 0.357. The van der Waals surface area contributed by atoms with Crippen molar-refractivity contribution in [3.63, 3.8) is 0 Å². The van der Waals surface area contributed by atoms with Crippen LogP contribution < -0.4 is 14.8 Å². The van der Waals surface area contributed by atoms with Crippen LogP contribution in [-0.2, 0) is 4.79 Å². The first kappa shape index (κ1) is 14.7. The predicted octanol–water partition coefficient (Wildman–Crippen LogP) is 2.09. The fourth-order valence-corrected chi connectivity index (χ4v) is 2.70. The number of hydrogen-bond acceptors (Lipinski definition) is 6. The number of ether oxygens (including phenoxy) is 2. The monoisotopic (exact) mass is 320 g/mol. The molecule has 0 fully saturated rings. The molecule has 1 aromatic carbocycles. The number of anilines is 1. The number of hydrogen-bond donors (Lipinski definition) is 2. The number of H-pyrrole nitrogens is 1. The highest BCUT2D eigenvalue weighted by Crippen LogP contribution is 2.32. The van der Waals surface area contributed by atoms with Crippen molar-refractivity contribution >= 4 is 23.4 Å². The van der Waals surface area contributed by atoms with Crippen LogP contribution in [0, 0.1) is 0 Å². The van der Waals surface area contributed by atoms with Crippen LogP contribution in [0.3, 0.4) is 0 Å². The van der Waals surface area contributed by atoms with Gasteiger partial charge < -0.3 is 14.8 Å². The van der Waals surface area contributed by atoms with Crippen molar-refractivity contribution in [2.75, 3.05) is 18.5 Å². The van der Waals surface area contributed by atoms with Gasteiger partial charge in [-0.15, -0.1) is 5.10 Å². The number of amides is 1. The first-order valence-electron chi connectivity index (χ1n) is 6.95. The number of carbonyl (C=O) groups is 1. The summed E-state index contributed by atoms with van der Waals surface area (Å²) in [5, 5.41) is 13.4. The summed E-state index contributed by atoms with van der Waals surface area (Å²) >= 11 is 1.34. The molecule has 1 aliphatic rings. The molecule has 22 heavy (non-hydrogen) atoms. The van der Waals surface area contributed by atoms with Crippen LogP contribution in [0.15, 0.2) is 29.4 Å². The number of thioether (sulfide) groups is 1. The highest BCUT2D eigenvalue weighted by Gasteiger charge is 2.17. The van der Waals surface area contributed by atoms with E-state index in [9.17, 15) is 4.79 Å². The Hall–Kier alpha value is -2.22. The summed E-state index contributed by atoms with van der Waals surface area (Å²) in [6.45, 7) is 3.07. The molecular weight excluding hydrogens is 304 g/mol. The first-order valence-corrected chi connectivity index (χ1v) is 7.83. The molecule has 2 N–H and O–H groups in total. The molecule has 1 amide bonds. The predicted molar refractivity (Wildman–Crippen MR) is 82.4 cm³/mol. The van der Waals surface area contributed by atoms with E-state index in [1.165, 1.54) is 11.8 Å². The summed E-state index contributed by atoms with van der Waals surface area (Å²) in [6, 6.07) is 5.40. The van der Waals surface area contributed by atoms with Gasteiger partial charge in [0.05, 0.1) is 24.7 Å². The Bertz CT molecular complexity index is 648. The highest BCUT2D eigenvalue weighted by atomic mass is 32.2. The second kappa shape index (κ2) is 6.69. The Morgan fingerprint density at radius 1 is 1.36 bits per heavy atom. The van der Waals surface area contributed by atoms with Gasteiger partial charge in [-0.3, -0.25) is 4.79 Å². The third-order valence-corrected chi connectivity index (χ3v) is 4.08. The van der Waals surface area contributed by atoms with Crippen LogP contribution in [0.2, 0.25) is 0 Å². The lowest BCUT2D eigenvalue weighted by Crippen LogP contribution is -2.22. The summed E-state index contributed by atoms with van der Waals surface area (Å²) in [5.41, 5.74) is 0.682. The Morgan fingerprint density at radius 2 is 2.18 bits per heavy atom. The molecule has 2 heterocycles. The minimum atomic E-state index is -0.291. The van der Waals surface area contributed by atoms with Gasteiger partial charge in [0.15, 0.2) is 11.5 Å². The molecule has 3 rings (SSSR count). The first-order chi connectivity index (χ1) is 10.7. The van der Waals surface area contributed by atoms with Gasteiger partial charge in [-0.1, -0.05) is 11.8 Å². The maximum Gasteiger partial charge on any atom is 0.237 e. The molecule has 0 saturated heterocycles. The van der Waals surface area contributed by atoms with Crippen LogP contribution in [0.5, 0.6) is 11.5 Å². The number of carbonyl (C=O) groups excluding carboxylic acids is 1. The molecule has 1 aromatic heterocycles. The van der Waals surface area contributed by atoms with Crippen LogP contribution >= 0.6 is 11.8 Å². The maximum absolute atomic E-state index is 12.2. The van der Waals surface area contributed by atoms with E-state index in [1.807, 2.05) is 13.0 Å². The van der Waals surface area contributed by atoms with Gasteiger partial charge in [-0.2, -0.15) is 10.3 Å². The second-order valence-electron chi connectivity index (χ2n) is 4.77. The van der Waals surface area contributed by atoms with Gasteiger partial charge in [0, 0.05) is 18.2 Å². The lowest BCUT2D eigenvalue weighted by molar-refractivity contribution is -0.115. The Morgan fingerprint density at radius 3 is 2.95 bits per heavy atom. The van der Waals surface area contributed by atoms with Crippen LogP contribution in [0.25, 0.3) is 0 Å². The molecule has 0 aliphatic carbocycles. The normalized spacial score (nSPS) is 15.0. The molecule has 1 atom stereocenters. The smallest absolute Gasteiger partial charge is 0.237 e. The van der Waals surface area contributed by atoms with Crippen LogP contribution in [0.1, 0.15) is 13.3 Å².